The van der Waals surface area contributed by atoms with Crippen LogP contribution in [0.4, 0.5) is 0 Å². The van der Waals surface area contributed by atoms with E-state index in [1.165, 1.54) is 6.42 Å². The molecular formula is C16H30N4O2. The van der Waals surface area contributed by atoms with Crippen molar-refractivity contribution in [1.82, 2.24) is 20.9 Å². The van der Waals surface area contributed by atoms with Crippen molar-refractivity contribution in [2.45, 2.75) is 57.5 Å². The summed E-state index contributed by atoms with van der Waals surface area (Å²) in [6.07, 6.45) is 6.08. The molecule has 2 rings (SSSR count). The Morgan fingerprint density at radius 1 is 1.18 bits per heavy atom. The minimum atomic E-state index is -0.00778. The summed E-state index contributed by atoms with van der Waals surface area (Å²) < 4.78 is 0. The van der Waals surface area contributed by atoms with Crippen LogP contribution < -0.4 is 16.0 Å². The minimum absolute atomic E-state index is 0.00778. The van der Waals surface area contributed by atoms with E-state index in [-0.39, 0.29) is 23.9 Å². The number of amides is 2. The third-order valence-corrected chi connectivity index (χ3v) is 4.50. The molecule has 0 aromatic rings. The number of nitrogens with zero attached hydrogens (tertiary/aromatic N) is 1. The van der Waals surface area contributed by atoms with Gasteiger partial charge in [-0.25, -0.2) is 0 Å². The van der Waals surface area contributed by atoms with E-state index in [0.29, 0.717) is 6.54 Å². The van der Waals surface area contributed by atoms with Gasteiger partial charge in [0.15, 0.2) is 0 Å². The third-order valence-electron chi connectivity index (χ3n) is 4.50. The molecule has 0 radical (unpaired) electrons. The Kier molecular flexibility index (Phi) is 7.12. The minimum Gasteiger partial charge on any atom is -0.355 e. The second kappa shape index (κ2) is 9.10. The monoisotopic (exact) mass is 310 g/mol. The van der Waals surface area contributed by atoms with Gasteiger partial charge in [0.1, 0.15) is 0 Å². The van der Waals surface area contributed by atoms with E-state index in [2.05, 4.69) is 27.8 Å². The summed E-state index contributed by atoms with van der Waals surface area (Å²) in [5.74, 6) is 0.259. The molecule has 6 nitrogen and oxygen atoms in total. The lowest BCUT2D eigenvalue weighted by molar-refractivity contribution is -0.125. The van der Waals surface area contributed by atoms with Crippen LogP contribution in [0.2, 0.25) is 0 Å². The zero-order chi connectivity index (χ0) is 15.8. The Labute approximate surface area is 133 Å². The van der Waals surface area contributed by atoms with Gasteiger partial charge in [-0.3, -0.25) is 14.5 Å². The van der Waals surface area contributed by atoms with Crippen molar-refractivity contribution < 1.29 is 9.59 Å². The number of piperidine rings is 2. The summed E-state index contributed by atoms with van der Waals surface area (Å²) in [7, 11) is 0. The van der Waals surface area contributed by atoms with Gasteiger partial charge in [0.25, 0.3) is 0 Å². The van der Waals surface area contributed by atoms with Crippen LogP contribution >= 0.6 is 0 Å². The number of hydrogen-bond donors (Lipinski definition) is 3. The molecule has 0 aromatic heterocycles. The van der Waals surface area contributed by atoms with Crippen LogP contribution in [0.25, 0.3) is 0 Å². The van der Waals surface area contributed by atoms with Crippen LogP contribution in [-0.2, 0) is 9.59 Å². The first kappa shape index (κ1) is 17.2. The number of nitrogens with one attached hydrogen (secondary N) is 3. The lowest BCUT2D eigenvalue weighted by atomic mass is 10.0. The van der Waals surface area contributed by atoms with Gasteiger partial charge in [-0.05, 0) is 38.6 Å². The molecular weight excluding hydrogens is 280 g/mol. The van der Waals surface area contributed by atoms with E-state index >= 15 is 0 Å². The highest BCUT2D eigenvalue weighted by molar-refractivity contribution is 5.82. The molecule has 2 heterocycles. The molecule has 0 aromatic carbocycles. The molecule has 0 aliphatic carbocycles. The molecule has 1 atom stereocenters. The van der Waals surface area contributed by atoms with Crippen molar-refractivity contribution in [2.75, 3.05) is 32.7 Å². The molecule has 2 aliphatic rings. The van der Waals surface area contributed by atoms with E-state index < -0.39 is 0 Å². The standard InChI is InChI=1S/C16H30N4O2/c1-2-8-18-15(21)12-20-10-6-13(7-11-20)19-16(22)14-5-3-4-9-17-14/h13-14,17H,2-12H2,1H3,(H,18,21)(H,19,22). The van der Waals surface area contributed by atoms with E-state index in [4.69, 9.17) is 0 Å². The molecule has 2 aliphatic heterocycles. The summed E-state index contributed by atoms with van der Waals surface area (Å²) in [5, 5.41) is 9.36. The maximum atomic E-state index is 12.2. The van der Waals surface area contributed by atoms with Crippen molar-refractivity contribution in [3.63, 3.8) is 0 Å². The third kappa shape index (κ3) is 5.57. The van der Waals surface area contributed by atoms with Gasteiger partial charge in [-0.1, -0.05) is 13.3 Å². The smallest absolute Gasteiger partial charge is 0.237 e. The Bertz CT molecular complexity index is 361. The van der Waals surface area contributed by atoms with Crippen LogP contribution in [0.15, 0.2) is 0 Å². The maximum Gasteiger partial charge on any atom is 0.237 e. The van der Waals surface area contributed by atoms with Crippen LogP contribution in [0.5, 0.6) is 0 Å². The SMILES string of the molecule is CCCNC(=O)CN1CCC(NC(=O)C2CCCCN2)CC1. The van der Waals surface area contributed by atoms with E-state index in [9.17, 15) is 9.59 Å². The van der Waals surface area contributed by atoms with Crippen LogP contribution in [-0.4, -0.2) is 61.5 Å². The van der Waals surface area contributed by atoms with E-state index in [0.717, 1.165) is 58.3 Å². The predicted octanol–water partition coefficient (Wildman–Crippen LogP) is 0.235. The summed E-state index contributed by atoms with van der Waals surface area (Å²) in [6.45, 7) is 5.98. The molecule has 0 saturated carbocycles. The zero-order valence-corrected chi connectivity index (χ0v) is 13.7. The number of rotatable bonds is 6. The molecule has 0 bridgehead atoms. The first-order valence-electron chi connectivity index (χ1n) is 8.72. The summed E-state index contributed by atoms with van der Waals surface area (Å²) in [4.78, 5) is 26.1. The van der Waals surface area contributed by atoms with Gasteiger partial charge in [0.2, 0.25) is 11.8 Å². The number of likely N-dealkylation sites (tertiary alicyclic amines) is 1. The average molecular weight is 310 g/mol. The molecule has 2 amide bonds. The Morgan fingerprint density at radius 2 is 1.95 bits per heavy atom. The van der Waals surface area contributed by atoms with Crippen molar-refractivity contribution in [1.29, 1.82) is 0 Å². The quantitative estimate of drug-likeness (QED) is 0.657. The summed E-state index contributed by atoms with van der Waals surface area (Å²) >= 11 is 0. The lowest BCUT2D eigenvalue weighted by Gasteiger charge is -2.33. The molecule has 126 valence electrons. The van der Waals surface area contributed by atoms with Gasteiger partial charge in [-0.15, -0.1) is 0 Å². The molecule has 6 heteroatoms. The predicted molar refractivity (Wildman–Crippen MR) is 86.5 cm³/mol. The van der Waals surface area contributed by atoms with Crippen molar-refractivity contribution >= 4 is 11.8 Å². The van der Waals surface area contributed by atoms with Crippen LogP contribution in [0, 0.1) is 0 Å². The van der Waals surface area contributed by atoms with Crippen LogP contribution in [0.3, 0.4) is 0 Å². The highest BCUT2D eigenvalue weighted by Crippen LogP contribution is 2.12. The lowest BCUT2D eigenvalue weighted by Crippen LogP contribution is -2.52. The highest BCUT2D eigenvalue weighted by atomic mass is 16.2. The summed E-state index contributed by atoms with van der Waals surface area (Å²) in [5.41, 5.74) is 0. The number of carbonyl (C=O) groups is 2. The Balaban J connectivity index is 1.64. The fourth-order valence-electron chi connectivity index (χ4n) is 3.14. The molecule has 0 spiro atoms. The average Bonchev–Trinajstić information content (AvgIpc) is 2.55. The Morgan fingerprint density at radius 3 is 2.59 bits per heavy atom. The molecule has 1 unspecified atom stereocenters. The van der Waals surface area contributed by atoms with Gasteiger partial charge in [0.05, 0.1) is 12.6 Å². The van der Waals surface area contributed by atoms with Gasteiger partial charge in [-0.2, -0.15) is 0 Å². The van der Waals surface area contributed by atoms with Crippen molar-refractivity contribution in [3.8, 4) is 0 Å². The largest absolute Gasteiger partial charge is 0.355 e. The first-order valence-corrected chi connectivity index (χ1v) is 8.72. The van der Waals surface area contributed by atoms with E-state index in [1.807, 2.05) is 0 Å². The van der Waals surface area contributed by atoms with Gasteiger partial charge in [0, 0.05) is 25.7 Å². The number of carbonyl (C=O) groups excluding carboxylic acids is 2. The molecule has 2 saturated heterocycles. The Hall–Kier alpha value is -1.14. The fraction of sp³-hybridized carbons (Fsp3) is 0.875. The van der Waals surface area contributed by atoms with Crippen molar-refractivity contribution in [3.05, 3.63) is 0 Å². The first-order chi connectivity index (χ1) is 10.7. The van der Waals surface area contributed by atoms with Crippen molar-refractivity contribution in [2.24, 2.45) is 0 Å². The summed E-state index contributed by atoms with van der Waals surface area (Å²) in [6, 6.07) is 0.248. The second-order valence-corrected chi connectivity index (χ2v) is 6.41. The second-order valence-electron chi connectivity index (χ2n) is 6.41. The van der Waals surface area contributed by atoms with Gasteiger partial charge < -0.3 is 16.0 Å². The van der Waals surface area contributed by atoms with E-state index in [1.54, 1.807) is 0 Å². The van der Waals surface area contributed by atoms with Gasteiger partial charge >= 0.3 is 0 Å². The number of hydrogen-bond acceptors (Lipinski definition) is 4. The zero-order valence-electron chi connectivity index (χ0n) is 13.7. The normalized spacial score (nSPS) is 24.0. The highest BCUT2D eigenvalue weighted by Gasteiger charge is 2.26. The maximum absolute atomic E-state index is 12.2. The topological polar surface area (TPSA) is 73.5 Å². The fourth-order valence-corrected chi connectivity index (χ4v) is 3.14. The molecule has 3 N–H and O–H groups in total. The molecule has 22 heavy (non-hydrogen) atoms. The van der Waals surface area contributed by atoms with Crippen LogP contribution in [0.1, 0.15) is 45.4 Å². The molecule has 2 fully saturated rings.